The first kappa shape index (κ1) is 17.4. The number of allylic oxidation sites excluding steroid dienone is 7. The third-order valence-electron chi connectivity index (χ3n) is 2.09. The fraction of sp³-hybridized carbons (Fsp3) is 0.438. The fourth-order valence-electron chi connectivity index (χ4n) is 1.10. The van der Waals surface area contributed by atoms with Crippen LogP contribution in [0.3, 0.4) is 0 Å². The van der Waals surface area contributed by atoms with E-state index in [-0.39, 0.29) is 12.5 Å². The molecule has 19 heavy (non-hydrogen) atoms. The van der Waals surface area contributed by atoms with Crippen molar-refractivity contribution in [3.63, 3.8) is 0 Å². The molecule has 0 aromatic heterocycles. The van der Waals surface area contributed by atoms with Crippen molar-refractivity contribution >= 4 is 5.91 Å². The summed E-state index contributed by atoms with van der Waals surface area (Å²) in [5.74, 6) is -0.210. The lowest BCUT2D eigenvalue weighted by atomic mass is 10.1. The molecule has 0 saturated carbocycles. The molecule has 0 heterocycles. The first-order chi connectivity index (χ1) is 8.95. The van der Waals surface area contributed by atoms with Crippen molar-refractivity contribution in [1.82, 2.24) is 5.32 Å². The molecule has 0 aromatic carbocycles. The molecule has 0 bridgehead atoms. The minimum atomic E-state index is -0.882. The van der Waals surface area contributed by atoms with E-state index < -0.39 is 5.60 Å². The highest BCUT2D eigenvalue weighted by Gasteiger charge is 2.12. The third-order valence-corrected chi connectivity index (χ3v) is 2.09. The Labute approximate surface area is 116 Å². The van der Waals surface area contributed by atoms with Crippen LogP contribution in [0, 0.1) is 0 Å². The number of amides is 1. The summed E-state index contributed by atoms with van der Waals surface area (Å²) in [5, 5.41) is 12.0. The molecule has 0 fully saturated rings. The summed E-state index contributed by atoms with van der Waals surface area (Å²) >= 11 is 0. The number of hydrogen-bond donors (Lipinski definition) is 2. The molecule has 3 nitrogen and oxygen atoms in total. The molecular formula is C16H25NO2. The number of carbonyl (C=O) groups is 1. The van der Waals surface area contributed by atoms with Crippen molar-refractivity contribution in [2.45, 2.75) is 39.2 Å². The van der Waals surface area contributed by atoms with E-state index in [1.54, 1.807) is 26.0 Å². The highest BCUT2D eigenvalue weighted by atomic mass is 16.3. The van der Waals surface area contributed by atoms with Gasteiger partial charge in [0.25, 0.3) is 0 Å². The van der Waals surface area contributed by atoms with Crippen LogP contribution < -0.4 is 5.32 Å². The quantitative estimate of drug-likeness (QED) is 0.522. The lowest BCUT2D eigenvalue weighted by Crippen LogP contribution is -2.37. The maximum Gasteiger partial charge on any atom is 0.244 e. The van der Waals surface area contributed by atoms with Gasteiger partial charge in [0.05, 0.1) is 5.60 Å². The topological polar surface area (TPSA) is 49.3 Å². The Bertz CT molecular complexity index is 357. The smallest absolute Gasteiger partial charge is 0.244 e. The van der Waals surface area contributed by atoms with E-state index in [1.165, 1.54) is 6.08 Å². The number of rotatable bonds is 8. The molecule has 0 rings (SSSR count). The van der Waals surface area contributed by atoms with Gasteiger partial charge in [0.15, 0.2) is 0 Å². The van der Waals surface area contributed by atoms with Gasteiger partial charge in [0.1, 0.15) is 0 Å². The minimum absolute atomic E-state index is 0.210. The molecule has 2 N–H and O–H groups in total. The average Bonchev–Trinajstić information content (AvgIpc) is 2.33. The molecule has 0 aliphatic rings. The summed E-state index contributed by atoms with van der Waals surface area (Å²) in [7, 11) is 0. The second-order valence-corrected chi connectivity index (χ2v) is 4.88. The first-order valence-corrected chi connectivity index (χ1v) is 6.62. The zero-order valence-electron chi connectivity index (χ0n) is 12.1. The Balaban J connectivity index is 3.86. The van der Waals surface area contributed by atoms with Crippen molar-refractivity contribution in [2.24, 2.45) is 0 Å². The summed E-state index contributed by atoms with van der Waals surface area (Å²) < 4.78 is 0. The van der Waals surface area contributed by atoms with Gasteiger partial charge >= 0.3 is 0 Å². The largest absolute Gasteiger partial charge is 0.389 e. The molecule has 0 aromatic rings. The van der Waals surface area contributed by atoms with E-state index >= 15 is 0 Å². The van der Waals surface area contributed by atoms with Gasteiger partial charge in [-0.15, -0.1) is 0 Å². The third kappa shape index (κ3) is 14.3. The van der Waals surface area contributed by atoms with Crippen LogP contribution in [0.25, 0.3) is 0 Å². The van der Waals surface area contributed by atoms with Crippen LogP contribution in [0.4, 0.5) is 0 Å². The molecule has 0 saturated heterocycles. The van der Waals surface area contributed by atoms with Crippen molar-refractivity contribution in [2.75, 3.05) is 6.54 Å². The number of carbonyl (C=O) groups excluding carboxylic acids is 1. The van der Waals surface area contributed by atoms with Gasteiger partial charge in [0.2, 0.25) is 5.91 Å². The Morgan fingerprint density at radius 3 is 2.26 bits per heavy atom. The average molecular weight is 263 g/mol. The van der Waals surface area contributed by atoms with Gasteiger partial charge in [-0.3, -0.25) is 4.79 Å². The van der Waals surface area contributed by atoms with Crippen LogP contribution in [0.5, 0.6) is 0 Å². The van der Waals surface area contributed by atoms with Crippen LogP contribution >= 0.6 is 0 Å². The Kier molecular flexibility index (Phi) is 9.45. The van der Waals surface area contributed by atoms with Crippen molar-refractivity contribution in [3.8, 4) is 0 Å². The minimum Gasteiger partial charge on any atom is -0.389 e. The Morgan fingerprint density at radius 2 is 1.68 bits per heavy atom. The molecular weight excluding hydrogens is 238 g/mol. The Hall–Kier alpha value is -1.61. The zero-order chi connectivity index (χ0) is 14.6. The first-order valence-electron chi connectivity index (χ1n) is 6.62. The van der Waals surface area contributed by atoms with E-state index in [0.717, 1.165) is 12.8 Å². The van der Waals surface area contributed by atoms with Crippen molar-refractivity contribution < 1.29 is 9.90 Å². The van der Waals surface area contributed by atoms with Crippen LogP contribution in [0.2, 0.25) is 0 Å². The molecule has 0 atom stereocenters. The van der Waals surface area contributed by atoms with Gasteiger partial charge in [-0.05, 0) is 20.3 Å². The van der Waals surface area contributed by atoms with E-state index in [1.807, 2.05) is 24.3 Å². The maximum absolute atomic E-state index is 11.3. The highest BCUT2D eigenvalue weighted by Crippen LogP contribution is 1.96. The Morgan fingerprint density at radius 1 is 1.11 bits per heavy atom. The number of aliphatic hydroxyl groups is 1. The van der Waals surface area contributed by atoms with Crippen LogP contribution in [0.1, 0.15) is 33.6 Å². The molecule has 0 spiro atoms. The second kappa shape index (κ2) is 10.3. The lowest BCUT2D eigenvalue weighted by Gasteiger charge is -2.16. The van der Waals surface area contributed by atoms with Crippen molar-refractivity contribution in [3.05, 3.63) is 48.6 Å². The molecule has 1 amide bonds. The SMILES string of the molecule is CCC/C=C/C=C\C=C\C=C\C(=O)NCC(C)(C)O. The van der Waals surface area contributed by atoms with Gasteiger partial charge in [-0.1, -0.05) is 55.9 Å². The molecule has 3 heteroatoms. The molecule has 0 unspecified atom stereocenters. The highest BCUT2D eigenvalue weighted by molar-refractivity contribution is 5.87. The van der Waals surface area contributed by atoms with E-state index in [0.29, 0.717) is 0 Å². The molecule has 0 aliphatic carbocycles. The van der Waals surface area contributed by atoms with Gasteiger partial charge in [-0.2, -0.15) is 0 Å². The summed E-state index contributed by atoms with van der Waals surface area (Å²) in [5.41, 5.74) is -0.882. The number of nitrogens with one attached hydrogen (secondary N) is 1. The normalized spacial score (nSPS) is 13.3. The van der Waals surface area contributed by atoms with Gasteiger partial charge < -0.3 is 10.4 Å². The lowest BCUT2D eigenvalue weighted by molar-refractivity contribution is -0.117. The molecule has 0 aliphatic heterocycles. The standard InChI is InChI=1S/C16H25NO2/c1-4-5-6-7-8-9-10-11-12-13-15(18)17-14-16(2,3)19/h6-13,19H,4-5,14H2,1-3H3,(H,17,18)/b7-6+,9-8-,11-10+,13-12+. The van der Waals surface area contributed by atoms with E-state index in [2.05, 4.69) is 18.3 Å². The predicted octanol–water partition coefficient (Wildman–Crippen LogP) is 2.90. The monoisotopic (exact) mass is 263 g/mol. The van der Waals surface area contributed by atoms with E-state index in [4.69, 9.17) is 0 Å². The molecule has 106 valence electrons. The summed E-state index contributed by atoms with van der Waals surface area (Å²) in [4.78, 5) is 11.3. The fourth-order valence-corrected chi connectivity index (χ4v) is 1.10. The molecule has 0 radical (unpaired) electrons. The summed E-state index contributed by atoms with van der Waals surface area (Å²) in [6.07, 6.45) is 17.0. The second-order valence-electron chi connectivity index (χ2n) is 4.88. The summed E-state index contributed by atoms with van der Waals surface area (Å²) in [6, 6.07) is 0. The van der Waals surface area contributed by atoms with Crippen LogP contribution in [0.15, 0.2) is 48.6 Å². The van der Waals surface area contributed by atoms with Gasteiger partial charge in [0, 0.05) is 12.6 Å². The number of unbranched alkanes of at least 4 members (excludes halogenated alkanes) is 1. The van der Waals surface area contributed by atoms with Crippen LogP contribution in [-0.2, 0) is 4.79 Å². The van der Waals surface area contributed by atoms with Crippen LogP contribution in [-0.4, -0.2) is 23.2 Å². The van der Waals surface area contributed by atoms with Crippen molar-refractivity contribution in [1.29, 1.82) is 0 Å². The number of hydrogen-bond acceptors (Lipinski definition) is 2. The predicted molar refractivity (Wildman–Crippen MR) is 80.8 cm³/mol. The van der Waals surface area contributed by atoms with E-state index in [9.17, 15) is 9.90 Å². The maximum atomic E-state index is 11.3. The summed E-state index contributed by atoms with van der Waals surface area (Å²) in [6.45, 7) is 5.67. The van der Waals surface area contributed by atoms with Gasteiger partial charge in [-0.25, -0.2) is 0 Å². The zero-order valence-corrected chi connectivity index (χ0v) is 12.1.